The Bertz CT molecular complexity index is 806. The molecule has 1 heterocycles. The van der Waals surface area contributed by atoms with Crippen molar-refractivity contribution in [1.82, 2.24) is 10.6 Å². The predicted molar refractivity (Wildman–Crippen MR) is 125 cm³/mol. The van der Waals surface area contributed by atoms with E-state index < -0.39 is 24.0 Å². The zero-order chi connectivity index (χ0) is 20.6. The molecular weight excluding hydrogens is 547 g/mol. The first-order valence-corrected chi connectivity index (χ1v) is 9.40. The molecule has 3 rings (SSSR count). The van der Waals surface area contributed by atoms with E-state index in [0.29, 0.717) is 42.1 Å². The number of carbonyl (C=O) groups is 2. The van der Waals surface area contributed by atoms with Gasteiger partial charge >= 0.3 is 16.5 Å². The second kappa shape index (κ2) is 23.5. The van der Waals surface area contributed by atoms with Crippen LogP contribution in [0.1, 0.15) is 29.6 Å². The molecule has 0 fully saturated rings. The molecule has 2 aromatic carbocycles. The topological polar surface area (TPSA) is 343 Å². The fourth-order valence-electron chi connectivity index (χ4n) is 3.23. The van der Waals surface area contributed by atoms with Gasteiger partial charge in [-0.3, -0.25) is 0 Å². The van der Waals surface area contributed by atoms with Gasteiger partial charge < -0.3 is 78.2 Å². The molecule has 218 valence electrons. The normalized spacial score (nSPS) is 16.1. The molecule has 1 aliphatic heterocycles. The van der Waals surface area contributed by atoms with Crippen molar-refractivity contribution in [3.8, 4) is 11.5 Å². The summed E-state index contributed by atoms with van der Waals surface area (Å²) < 4.78 is 11.5. The number of carboxylic acid groups (broad SMARTS) is 2. The summed E-state index contributed by atoms with van der Waals surface area (Å²) in [6.45, 7) is 0.957. The summed E-state index contributed by atoms with van der Waals surface area (Å²) in [5.74, 6) is -1.69. The second-order valence-corrected chi connectivity index (χ2v) is 6.54. The first-order chi connectivity index (χ1) is 14.1. The standard InChI is InChI=1S/C21H24N2O6.Ni.7H2O/c24-20(25)18-14-6-1-3-8-16(14)28-12-13-29-17-9-4-2-7-15(17)19(21(26)27)23-11-5-10-22-18;;;;;;;;/h1-4,6-9,18-19,22-23H,5,10-13H2,(H,24,25)(H,26,27);;7*1H2/q;+2;;;;;;;/p-2/t18-,19-;;;;;;;;/m1......../s1. The van der Waals surface area contributed by atoms with Crippen LogP contribution in [0.3, 0.4) is 0 Å². The number of rotatable bonds is 2. The van der Waals surface area contributed by atoms with E-state index in [1.54, 1.807) is 48.5 Å². The molecule has 0 unspecified atom stereocenters. The number of carbonyl (C=O) groups excluding carboxylic acids is 2. The van der Waals surface area contributed by atoms with Gasteiger partial charge in [-0.2, -0.15) is 0 Å². The molecule has 0 spiro atoms. The van der Waals surface area contributed by atoms with Gasteiger partial charge in [0.2, 0.25) is 0 Å². The number of hydrogen-bond acceptors (Lipinski definition) is 8. The number of fused-ring (bicyclic) bond motifs is 2. The van der Waals surface area contributed by atoms with Crippen LogP contribution in [0.2, 0.25) is 0 Å². The number of aliphatic carboxylic acids is 2. The van der Waals surface area contributed by atoms with Crippen LogP contribution in [-0.4, -0.2) is 76.6 Å². The molecule has 0 radical (unpaired) electrons. The smallest absolute Gasteiger partial charge is 0.548 e. The minimum absolute atomic E-state index is 0. The Kier molecular flexibility index (Phi) is 30.1. The molecule has 15 nitrogen and oxygen atoms in total. The zero-order valence-corrected chi connectivity index (χ0v) is 20.6. The molecule has 0 aromatic heterocycles. The van der Waals surface area contributed by atoms with E-state index in [1.807, 2.05) is 0 Å². The SMILES string of the molecule is O.O.O.O.O.O.O.O=C([O-])[C@@H]1NCCCN[C@@H](C(=O)[O-])c2ccccc2OCCOc2ccccc21.[Ni+2]. The summed E-state index contributed by atoms with van der Waals surface area (Å²) in [6, 6.07) is 11.6. The molecule has 0 saturated heterocycles. The van der Waals surface area contributed by atoms with E-state index in [2.05, 4.69) is 10.6 Å². The third kappa shape index (κ3) is 12.8. The minimum atomic E-state index is -1.27. The van der Waals surface area contributed by atoms with Crippen LogP contribution < -0.4 is 30.3 Å². The first-order valence-electron chi connectivity index (χ1n) is 9.40. The van der Waals surface area contributed by atoms with Gasteiger partial charge in [0.15, 0.2) is 0 Å². The van der Waals surface area contributed by atoms with E-state index >= 15 is 0 Å². The van der Waals surface area contributed by atoms with Gasteiger partial charge in [0.25, 0.3) is 0 Å². The largest absolute Gasteiger partial charge is 2.00 e. The molecule has 1 aliphatic rings. The molecule has 0 amide bonds. The summed E-state index contributed by atoms with van der Waals surface area (Å²) in [5.41, 5.74) is 0.923. The summed E-state index contributed by atoms with van der Waals surface area (Å²) >= 11 is 0. The third-order valence-corrected chi connectivity index (χ3v) is 4.58. The Balaban J connectivity index is -0.000000300. The van der Waals surface area contributed by atoms with Gasteiger partial charge in [0.05, 0.1) is 24.0 Å². The van der Waals surface area contributed by atoms with Crippen LogP contribution >= 0.6 is 0 Å². The molecule has 0 saturated carbocycles. The number of benzene rings is 2. The molecule has 16 N–H and O–H groups in total. The van der Waals surface area contributed by atoms with Crippen molar-refractivity contribution in [2.45, 2.75) is 18.5 Å². The first kappa shape index (κ1) is 47.3. The van der Waals surface area contributed by atoms with Crippen molar-refractivity contribution < 1.29 is 84.1 Å². The monoisotopic (exact) mass is 582 g/mol. The zero-order valence-electron chi connectivity index (χ0n) is 19.6. The van der Waals surface area contributed by atoms with Crippen molar-refractivity contribution in [3.05, 3.63) is 59.7 Å². The molecule has 0 bridgehead atoms. The number of ether oxygens (including phenoxy) is 2. The maximum atomic E-state index is 11.6. The second-order valence-electron chi connectivity index (χ2n) is 6.54. The Labute approximate surface area is 222 Å². The Morgan fingerprint density at radius 2 is 0.973 bits per heavy atom. The van der Waals surface area contributed by atoms with Crippen molar-refractivity contribution in [1.29, 1.82) is 0 Å². The quantitative estimate of drug-likeness (QED) is 0.319. The Hall–Kier alpha value is -2.89. The predicted octanol–water partition coefficient (Wildman–Crippen LogP) is -6.47. The van der Waals surface area contributed by atoms with E-state index in [1.165, 1.54) is 0 Å². The Morgan fingerprint density at radius 3 is 1.30 bits per heavy atom. The molecule has 0 aliphatic carbocycles. The van der Waals surface area contributed by atoms with E-state index in [4.69, 9.17) is 9.47 Å². The average Bonchev–Trinajstić information content (AvgIpc) is 2.71. The number of nitrogens with one attached hydrogen (secondary N) is 2. The van der Waals surface area contributed by atoms with Crippen molar-refractivity contribution in [2.24, 2.45) is 0 Å². The average molecular weight is 583 g/mol. The Morgan fingerprint density at radius 1 is 0.649 bits per heavy atom. The van der Waals surface area contributed by atoms with Gasteiger partial charge in [-0.25, -0.2) is 0 Å². The van der Waals surface area contributed by atoms with Crippen LogP contribution in [0, 0.1) is 0 Å². The summed E-state index contributed by atoms with van der Waals surface area (Å²) in [5, 5.41) is 29.2. The van der Waals surface area contributed by atoms with Crippen LogP contribution in [0.4, 0.5) is 0 Å². The molecule has 37 heavy (non-hydrogen) atoms. The van der Waals surface area contributed by atoms with Crippen LogP contribution in [0.5, 0.6) is 11.5 Å². The van der Waals surface area contributed by atoms with Gasteiger partial charge in [0, 0.05) is 11.1 Å². The summed E-state index contributed by atoms with van der Waals surface area (Å²) in [7, 11) is 0. The van der Waals surface area contributed by atoms with Crippen molar-refractivity contribution in [2.75, 3.05) is 26.3 Å². The molecule has 16 heteroatoms. The maximum absolute atomic E-state index is 11.6. The van der Waals surface area contributed by atoms with Gasteiger partial charge in [-0.05, 0) is 31.6 Å². The summed E-state index contributed by atoms with van der Waals surface area (Å²) in [6.07, 6.45) is 0.486. The number of hydrogen-bond donors (Lipinski definition) is 2. The minimum Gasteiger partial charge on any atom is -0.548 e. The fourth-order valence-corrected chi connectivity index (χ4v) is 3.23. The van der Waals surface area contributed by atoms with Crippen LogP contribution in [0.15, 0.2) is 48.5 Å². The van der Waals surface area contributed by atoms with E-state index in [9.17, 15) is 19.8 Å². The molecular formula is C21H36N2NiO13. The van der Waals surface area contributed by atoms with Crippen molar-refractivity contribution in [3.63, 3.8) is 0 Å². The van der Waals surface area contributed by atoms with E-state index in [0.717, 1.165) is 0 Å². The van der Waals surface area contributed by atoms with Gasteiger partial charge in [-0.15, -0.1) is 0 Å². The fraction of sp³-hybridized carbons (Fsp3) is 0.333. The number of carboxylic acids is 2. The van der Waals surface area contributed by atoms with E-state index in [-0.39, 0.29) is 68.0 Å². The van der Waals surface area contributed by atoms with Gasteiger partial charge in [0.1, 0.15) is 24.7 Å². The van der Waals surface area contributed by atoms with Crippen LogP contribution in [0.25, 0.3) is 0 Å². The molecule has 2 aromatic rings. The maximum Gasteiger partial charge on any atom is 2.00 e. The van der Waals surface area contributed by atoms with Crippen LogP contribution in [-0.2, 0) is 26.1 Å². The summed E-state index contributed by atoms with van der Waals surface area (Å²) in [4.78, 5) is 23.3. The third-order valence-electron chi connectivity index (χ3n) is 4.58. The van der Waals surface area contributed by atoms with Gasteiger partial charge in [-0.1, -0.05) is 36.4 Å². The number of para-hydroxylation sites is 2. The van der Waals surface area contributed by atoms with Crippen molar-refractivity contribution >= 4 is 11.9 Å². The molecule has 2 atom stereocenters.